The Labute approximate surface area is 159 Å². The van der Waals surface area contributed by atoms with Crippen molar-refractivity contribution in [3.8, 4) is 0 Å². The SMILES string of the molecule is CC(C)N[C@H]1c2ccccc2C[C@@H]1NC(=O)C1CC(=O)Nc2ccccc21. The lowest BCUT2D eigenvalue weighted by atomic mass is 9.89. The van der Waals surface area contributed by atoms with Gasteiger partial charge in [0.25, 0.3) is 0 Å². The van der Waals surface area contributed by atoms with Crippen LogP contribution in [-0.2, 0) is 16.0 Å². The quantitative estimate of drug-likeness (QED) is 0.782. The first kappa shape index (κ1) is 17.7. The molecule has 1 heterocycles. The molecular formula is C22H25N3O2. The number of nitrogens with one attached hydrogen (secondary N) is 3. The van der Waals surface area contributed by atoms with Gasteiger partial charge in [-0.15, -0.1) is 0 Å². The molecule has 3 atom stereocenters. The molecule has 1 unspecified atom stereocenters. The molecule has 2 aromatic rings. The summed E-state index contributed by atoms with van der Waals surface area (Å²) >= 11 is 0. The standard InChI is InChI=1S/C22H25N3O2/c1-13(2)23-21-15-8-4-3-7-14(15)11-19(21)25-22(27)17-12-20(26)24-18-10-6-5-9-16(17)18/h3-10,13,17,19,21,23H,11-12H2,1-2H3,(H,24,26)(H,25,27)/t17?,19-,21-/m0/s1. The Kier molecular flexibility index (Phi) is 4.70. The average Bonchev–Trinajstić information content (AvgIpc) is 2.97. The van der Waals surface area contributed by atoms with Gasteiger partial charge in [0.1, 0.15) is 0 Å². The molecular weight excluding hydrogens is 338 g/mol. The number of rotatable bonds is 4. The fourth-order valence-electron chi connectivity index (χ4n) is 4.22. The molecule has 27 heavy (non-hydrogen) atoms. The first-order chi connectivity index (χ1) is 13.0. The maximum absolute atomic E-state index is 13.1. The molecule has 2 aliphatic rings. The number of carbonyl (C=O) groups is 2. The van der Waals surface area contributed by atoms with Crippen LogP contribution in [0.15, 0.2) is 48.5 Å². The monoisotopic (exact) mass is 363 g/mol. The van der Waals surface area contributed by atoms with Crippen LogP contribution in [0.25, 0.3) is 0 Å². The Balaban J connectivity index is 1.57. The third kappa shape index (κ3) is 3.47. The number of anilines is 1. The smallest absolute Gasteiger partial charge is 0.228 e. The Hall–Kier alpha value is -2.66. The minimum atomic E-state index is -0.446. The Morgan fingerprint density at radius 2 is 1.74 bits per heavy atom. The summed E-state index contributed by atoms with van der Waals surface area (Å²) in [6.07, 6.45) is 0.984. The van der Waals surface area contributed by atoms with Crippen molar-refractivity contribution >= 4 is 17.5 Å². The van der Waals surface area contributed by atoms with E-state index < -0.39 is 5.92 Å². The van der Waals surface area contributed by atoms with Crippen molar-refractivity contribution in [1.29, 1.82) is 0 Å². The Bertz CT molecular complexity index is 877. The van der Waals surface area contributed by atoms with Crippen molar-refractivity contribution in [3.63, 3.8) is 0 Å². The van der Waals surface area contributed by atoms with Gasteiger partial charge in [-0.3, -0.25) is 9.59 Å². The molecule has 3 N–H and O–H groups in total. The van der Waals surface area contributed by atoms with E-state index in [9.17, 15) is 9.59 Å². The van der Waals surface area contributed by atoms with E-state index in [1.54, 1.807) is 0 Å². The van der Waals surface area contributed by atoms with Gasteiger partial charge in [-0.05, 0) is 29.2 Å². The molecule has 140 valence electrons. The zero-order chi connectivity index (χ0) is 19.0. The van der Waals surface area contributed by atoms with Gasteiger partial charge in [0.15, 0.2) is 0 Å². The molecule has 0 bridgehead atoms. The van der Waals surface area contributed by atoms with Crippen molar-refractivity contribution in [2.24, 2.45) is 0 Å². The van der Waals surface area contributed by atoms with Gasteiger partial charge in [-0.2, -0.15) is 0 Å². The van der Waals surface area contributed by atoms with Gasteiger partial charge >= 0.3 is 0 Å². The summed E-state index contributed by atoms with van der Waals surface area (Å²) in [6, 6.07) is 16.3. The van der Waals surface area contributed by atoms with Crippen LogP contribution in [0.5, 0.6) is 0 Å². The van der Waals surface area contributed by atoms with Crippen LogP contribution >= 0.6 is 0 Å². The Morgan fingerprint density at radius 1 is 1.04 bits per heavy atom. The van der Waals surface area contributed by atoms with Crippen LogP contribution in [0.3, 0.4) is 0 Å². The number of amides is 2. The molecule has 0 saturated carbocycles. The van der Waals surface area contributed by atoms with Crippen LogP contribution in [0.1, 0.15) is 48.9 Å². The molecule has 5 heteroatoms. The van der Waals surface area contributed by atoms with E-state index in [1.807, 2.05) is 36.4 Å². The highest BCUT2D eigenvalue weighted by Gasteiger charge is 2.37. The summed E-state index contributed by atoms with van der Waals surface area (Å²) in [7, 11) is 0. The molecule has 0 saturated heterocycles. The van der Waals surface area contributed by atoms with Crippen molar-refractivity contribution in [3.05, 3.63) is 65.2 Å². The van der Waals surface area contributed by atoms with Gasteiger partial charge < -0.3 is 16.0 Å². The van der Waals surface area contributed by atoms with E-state index in [4.69, 9.17) is 0 Å². The zero-order valence-electron chi connectivity index (χ0n) is 15.7. The predicted octanol–water partition coefficient (Wildman–Crippen LogP) is 2.89. The normalized spacial score (nSPS) is 23.5. The second-order valence-corrected chi connectivity index (χ2v) is 7.71. The molecule has 1 aliphatic heterocycles. The van der Waals surface area contributed by atoms with Crippen LogP contribution in [0.4, 0.5) is 5.69 Å². The summed E-state index contributed by atoms with van der Waals surface area (Å²) < 4.78 is 0. The summed E-state index contributed by atoms with van der Waals surface area (Å²) in [5.74, 6) is -0.635. The molecule has 0 aromatic heterocycles. The lowest BCUT2D eigenvalue weighted by Gasteiger charge is -2.29. The molecule has 2 aromatic carbocycles. The molecule has 0 radical (unpaired) electrons. The fourth-order valence-corrected chi connectivity index (χ4v) is 4.22. The van der Waals surface area contributed by atoms with Crippen molar-refractivity contribution in [2.75, 3.05) is 5.32 Å². The zero-order valence-corrected chi connectivity index (χ0v) is 15.7. The van der Waals surface area contributed by atoms with Crippen molar-refractivity contribution in [2.45, 2.75) is 50.7 Å². The highest BCUT2D eigenvalue weighted by molar-refractivity contribution is 6.01. The van der Waals surface area contributed by atoms with Gasteiger partial charge in [0.2, 0.25) is 11.8 Å². The number of hydrogen-bond acceptors (Lipinski definition) is 3. The van der Waals surface area contributed by atoms with E-state index in [1.165, 1.54) is 11.1 Å². The third-order valence-corrected chi connectivity index (χ3v) is 5.39. The van der Waals surface area contributed by atoms with Crippen molar-refractivity contribution in [1.82, 2.24) is 10.6 Å². The first-order valence-electron chi connectivity index (χ1n) is 9.56. The largest absolute Gasteiger partial charge is 0.351 e. The second kappa shape index (κ2) is 7.16. The summed E-state index contributed by atoms with van der Waals surface area (Å²) in [5, 5.41) is 9.68. The first-order valence-corrected chi connectivity index (χ1v) is 9.56. The number of fused-ring (bicyclic) bond motifs is 2. The highest BCUT2D eigenvalue weighted by atomic mass is 16.2. The van der Waals surface area contributed by atoms with E-state index in [0.29, 0.717) is 6.04 Å². The molecule has 4 rings (SSSR count). The topological polar surface area (TPSA) is 70.2 Å². The van der Waals surface area contributed by atoms with Gasteiger partial charge in [0.05, 0.1) is 18.0 Å². The molecule has 0 spiro atoms. The Morgan fingerprint density at radius 3 is 2.52 bits per heavy atom. The predicted molar refractivity (Wildman–Crippen MR) is 106 cm³/mol. The summed E-state index contributed by atoms with van der Waals surface area (Å²) in [5.41, 5.74) is 4.14. The van der Waals surface area contributed by atoms with Crippen molar-refractivity contribution < 1.29 is 9.59 Å². The highest BCUT2D eigenvalue weighted by Crippen LogP contribution is 2.35. The van der Waals surface area contributed by atoms with Crippen LogP contribution in [-0.4, -0.2) is 23.9 Å². The molecule has 2 amide bonds. The lowest BCUT2D eigenvalue weighted by Crippen LogP contribution is -2.46. The van der Waals surface area contributed by atoms with Gasteiger partial charge in [0, 0.05) is 18.2 Å². The minimum Gasteiger partial charge on any atom is -0.351 e. The van der Waals surface area contributed by atoms with E-state index in [2.05, 4.69) is 41.9 Å². The average molecular weight is 363 g/mol. The summed E-state index contributed by atoms with van der Waals surface area (Å²) in [6.45, 7) is 4.23. The second-order valence-electron chi connectivity index (χ2n) is 7.71. The minimum absolute atomic E-state index is 0.0190. The number of benzene rings is 2. The fraction of sp³-hybridized carbons (Fsp3) is 0.364. The number of para-hydroxylation sites is 1. The van der Waals surface area contributed by atoms with E-state index >= 15 is 0 Å². The molecule has 5 nitrogen and oxygen atoms in total. The maximum atomic E-state index is 13.1. The number of carbonyl (C=O) groups excluding carboxylic acids is 2. The molecule has 0 fully saturated rings. The van der Waals surface area contributed by atoms with Crippen LogP contribution in [0.2, 0.25) is 0 Å². The number of hydrogen-bond donors (Lipinski definition) is 3. The lowest BCUT2D eigenvalue weighted by molar-refractivity contribution is -0.127. The third-order valence-electron chi connectivity index (χ3n) is 5.39. The van der Waals surface area contributed by atoms with Gasteiger partial charge in [-0.1, -0.05) is 56.3 Å². The maximum Gasteiger partial charge on any atom is 0.228 e. The summed E-state index contributed by atoms with van der Waals surface area (Å²) in [4.78, 5) is 25.2. The van der Waals surface area contributed by atoms with Crippen LogP contribution in [0, 0.1) is 0 Å². The van der Waals surface area contributed by atoms with Crippen LogP contribution < -0.4 is 16.0 Å². The molecule has 1 aliphatic carbocycles. The van der Waals surface area contributed by atoms with E-state index in [-0.39, 0.29) is 30.3 Å². The van der Waals surface area contributed by atoms with Gasteiger partial charge in [-0.25, -0.2) is 0 Å². The van der Waals surface area contributed by atoms with E-state index in [0.717, 1.165) is 17.7 Å².